The fourth-order valence-electron chi connectivity index (χ4n) is 4.65. The highest BCUT2D eigenvalue weighted by molar-refractivity contribution is 6.42. The third-order valence-electron chi connectivity index (χ3n) is 6.85. The van der Waals surface area contributed by atoms with Crippen LogP contribution in [0.15, 0.2) is 53.6 Å². The van der Waals surface area contributed by atoms with E-state index >= 15 is 0 Å². The minimum absolute atomic E-state index is 0.132. The molecule has 5 rings (SSSR count). The molecule has 2 aromatic heterocycles. The molecule has 206 valence electrons. The molecule has 0 radical (unpaired) electrons. The predicted molar refractivity (Wildman–Crippen MR) is 151 cm³/mol. The van der Waals surface area contributed by atoms with Crippen molar-refractivity contribution < 1.29 is 9.59 Å². The van der Waals surface area contributed by atoms with Crippen molar-refractivity contribution in [1.29, 1.82) is 0 Å². The SMILES string of the molecule is CNC(=O)c1ccc(-n2c(NC(C)c3ncn[nH]3)nc3c(c2=O)C[C@@H](C)N(C(=O)c2ccc(Cl)c(Cl)c2)C3)cc1. The number of aromatic amines is 1. The fourth-order valence-corrected chi connectivity index (χ4v) is 4.95. The lowest BCUT2D eigenvalue weighted by Gasteiger charge is -2.35. The number of nitrogens with one attached hydrogen (secondary N) is 3. The molecule has 1 aliphatic heterocycles. The van der Waals surface area contributed by atoms with E-state index in [-0.39, 0.29) is 47.0 Å². The molecule has 0 saturated carbocycles. The number of carbonyl (C=O) groups is 2. The van der Waals surface area contributed by atoms with Gasteiger partial charge in [-0.1, -0.05) is 23.2 Å². The number of aromatic nitrogens is 5. The van der Waals surface area contributed by atoms with E-state index in [4.69, 9.17) is 28.2 Å². The second kappa shape index (κ2) is 11.1. The first-order valence-corrected chi connectivity index (χ1v) is 13.3. The molecule has 40 heavy (non-hydrogen) atoms. The van der Waals surface area contributed by atoms with Gasteiger partial charge in [0.25, 0.3) is 17.4 Å². The van der Waals surface area contributed by atoms with Crippen LogP contribution < -0.4 is 16.2 Å². The van der Waals surface area contributed by atoms with E-state index in [2.05, 4.69) is 25.8 Å². The average Bonchev–Trinajstić information content (AvgIpc) is 3.50. The molecule has 0 fully saturated rings. The molecule has 3 N–H and O–H groups in total. The summed E-state index contributed by atoms with van der Waals surface area (Å²) in [7, 11) is 1.55. The number of halogens is 2. The van der Waals surface area contributed by atoms with Crippen LogP contribution in [0.1, 0.15) is 57.7 Å². The minimum atomic E-state index is -0.375. The maximum atomic E-state index is 14.0. The van der Waals surface area contributed by atoms with Gasteiger partial charge in [-0.3, -0.25) is 19.5 Å². The first-order valence-electron chi connectivity index (χ1n) is 12.5. The second-order valence-corrected chi connectivity index (χ2v) is 10.3. The number of amides is 2. The van der Waals surface area contributed by atoms with Crippen LogP contribution in [0.5, 0.6) is 0 Å². The van der Waals surface area contributed by atoms with Crippen molar-refractivity contribution in [2.24, 2.45) is 0 Å². The molecule has 13 heteroatoms. The third kappa shape index (κ3) is 5.17. The summed E-state index contributed by atoms with van der Waals surface area (Å²) in [6.07, 6.45) is 1.70. The Labute approximate surface area is 239 Å². The molecule has 0 spiro atoms. The number of nitrogens with zero attached hydrogens (tertiary/aromatic N) is 5. The van der Waals surface area contributed by atoms with Crippen LogP contribution in [0.25, 0.3) is 5.69 Å². The molecule has 0 aliphatic carbocycles. The largest absolute Gasteiger partial charge is 0.355 e. The van der Waals surface area contributed by atoms with E-state index in [1.165, 1.54) is 17.0 Å². The van der Waals surface area contributed by atoms with Crippen molar-refractivity contribution in [1.82, 2.24) is 34.9 Å². The topological polar surface area (TPSA) is 138 Å². The van der Waals surface area contributed by atoms with Crippen LogP contribution in [0.3, 0.4) is 0 Å². The Morgan fingerprint density at radius 3 is 2.48 bits per heavy atom. The van der Waals surface area contributed by atoms with Gasteiger partial charge in [0, 0.05) is 29.8 Å². The average molecular weight is 581 g/mol. The lowest BCUT2D eigenvalue weighted by atomic mass is 9.98. The molecule has 1 aliphatic rings. The van der Waals surface area contributed by atoms with Crippen LogP contribution >= 0.6 is 23.2 Å². The number of carbonyl (C=O) groups excluding carboxylic acids is 2. The zero-order valence-corrected chi connectivity index (χ0v) is 23.4. The number of H-pyrrole nitrogens is 1. The highest BCUT2D eigenvalue weighted by Gasteiger charge is 2.32. The van der Waals surface area contributed by atoms with Gasteiger partial charge in [0.05, 0.1) is 34.0 Å². The van der Waals surface area contributed by atoms with Crippen LogP contribution in [-0.4, -0.2) is 54.5 Å². The van der Waals surface area contributed by atoms with E-state index in [0.29, 0.717) is 45.3 Å². The first-order chi connectivity index (χ1) is 19.2. The minimum Gasteiger partial charge on any atom is -0.355 e. The Morgan fingerprint density at radius 1 is 1.10 bits per heavy atom. The van der Waals surface area contributed by atoms with E-state index in [1.54, 1.807) is 48.3 Å². The monoisotopic (exact) mass is 580 g/mol. The van der Waals surface area contributed by atoms with Crippen molar-refractivity contribution in [3.05, 3.63) is 97.4 Å². The van der Waals surface area contributed by atoms with Crippen LogP contribution in [0.4, 0.5) is 5.95 Å². The van der Waals surface area contributed by atoms with E-state index in [0.717, 1.165) is 0 Å². The zero-order valence-electron chi connectivity index (χ0n) is 21.9. The van der Waals surface area contributed by atoms with E-state index < -0.39 is 0 Å². The van der Waals surface area contributed by atoms with Gasteiger partial charge < -0.3 is 15.5 Å². The molecule has 11 nitrogen and oxygen atoms in total. The lowest BCUT2D eigenvalue weighted by Crippen LogP contribution is -2.46. The maximum absolute atomic E-state index is 14.0. The normalized spacial score (nSPS) is 15.3. The van der Waals surface area contributed by atoms with E-state index in [9.17, 15) is 14.4 Å². The smallest absolute Gasteiger partial charge is 0.263 e. The second-order valence-electron chi connectivity index (χ2n) is 9.48. The summed E-state index contributed by atoms with van der Waals surface area (Å²) in [6, 6.07) is 10.8. The number of fused-ring (bicyclic) bond motifs is 1. The molecule has 1 unspecified atom stereocenters. The van der Waals surface area contributed by atoms with E-state index in [1.807, 2.05) is 13.8 Å². The number of rotatable bonds is 6. The number of benzene rings is 2. The first kappa shape index (κ1) is 27.4. The Morgan fingerprint density at radius 2 is 1.82 bits per heavy atom. The fraction of sp³-hybridized carbons (Fsp3) is 0.259. The summed E-state index contributed by atoms with van der Waals surface area (Å²) in [4.78, 5) is 50.2. The Hall–Kier alpha value is -4.22. The van der Waals surface area contributed by atoms with Gasteiger partial charge in [-0.2, -0.15) is 5.10 Å². The predicted octanol–water partition coefficient (Wildman–Crippen LogP) is 3.78. The number of hydrogen-bond acceptors (Lipinski definition) is 7. The lowest BCUT2D eigenvalue weighted by molar-refractivity contribution is 0.0653. The van der Waals surface area contributed by atoms with Crippen molar-refractivity contribution in [2.75, 3.05) is 12.4 Å². The third-order valence-corrected chi connectivity index (χ3v) is 7.58. The Balaban J connectivity index is 1.57. The van der Waals surface area contributed by atoms with Gasteiger partial charge in [0.15, 0.2) is 0 Å². The molecule has 0 bridgehead atoms. The van der Waals surface area contributed by atoms with Gasteiger partial charge in [0.1, 0.15) is 12.2 Å². The molecule has 0 saturated heterocycles. The van der Waals surface area contributed by atoms with Crippen LogP contribution in [0, 0.1) is 0 Å². The van der Waals surface area contributed by atoms with Crippen molar-refractivity contribution in [3.8, 4) is 5.69 Å². The summed E-state index contributed by atoms with van der Waals surface area (Å²) >= 11 is 12.2. The maximum Gasteiger partial charge on any atom is 0.263 e. The summed E-state index contributed by atoms with van der Waals surface area (Å²) in [5.74, 6) is 0.340. The molecule has 2 amide bonds. The summed E-state index contributed by atoms with van der Waals surface area (Å²) in [5, 5.41) is 13.2. The highest BCUT2D eigenvalue weighted by Crippen LogP contribution is 2.28. The van der Waals surface area contributed by atoms with Gasteiger partial charge in [-0.05, 0) is 62.7 Å². The molecule has 2 aromatic carbocycles. The molecule has 4 aromatic rings. The van der Waals surface area contributed by atoms with Gasteiger partial charge in [0.2, 0.25) is 5.95 Å². The summed E-state index contributed by atoms with van der Waals surface area (Å²) < 4.78 is 1.47. The highest BCUT2D eigenvalue weighted by atomic mass is 35.5. The molecular formula is C27H26Cl2N8O3. The number of anilines is 1. The molecule has 2 atom stereocenters. The molecular weight excluding hydrogens is 555 g/mol. The zero-order chi connectivity index (χ0) is 28.6. The molecule has 3 heterocycles. The van der Waals surface area contributed by atoms with Gasteiger partial charge in [-0.15, -0.1) is 0 Å². The van der Waals surface area contributed by atoms with Gasteiger partial charge >= 0.3 is 0 Å². The standard InChI is InChI=1S/C27H26Cl2N8O3/c1-14-10-19-22(12-36(14)25(39)17-6-9-20(28)21(29)11-17)34-27(33-15(2)23-31-13-32-35-23)37(26(19)40)18-7-4-16(5-8-18)24(38)30-3/h4-9,11,13-15H,10,12H2,1-3H3,(H,30,38)(H,33,34)(H,31,32,35)/t14-,15?/m1/s1. The van der Waals surface area contributed by atoms with Crippen molar-refractivity contribution in [2.45, 2.75) is 38.9 Å². The summed E-state index contributed by atoms with van der Waals surface area (Å²) in [5.41, 5.74) is 2.12. The quantitative estimate of drug-likeness (QED) is 0.315. The van der Waals surface area contributed by atoms with Crippen LogP contribution in [-0.2, 0) is 13.0 Å². The van der Waals surface area contributed by atoms with Crippen molar-refractivity contribution >= 4 is 41.0 Å². The Kier molecular flexibility index (Phi) is 7.59. The number of hydrogen-bond donors (Lipinski definition) is 3. The van der Waals surface area contributed by atoms with Crippen LogP contribution in [0.2, 0.25) is 10.0 Å². The van der Waals surface area contributed by atoms with Gasteiger partial charge in [-0.25, -0.2) is 14.5 Å². The van der Waals surface area contributed by atoms with Crippen molar-refractivity contribution in [3.63, 3.8) is 0 Å². The Bertz CT molecular complexity index is 1640. The summed E-state index contributed by atoms with van der Waals surface area (Å²) in [6.45, 7) is 3.87.